The molecule has 0 N–H and O–H groups in total. The molecule has 0 aromatic heterocycles. The summed E-state index contributed by atoms with van der Waals surface area (Å²) >= 11 is 0. The van der Waals surface area contributed by atoms with Crippen LogP contribution in [0, 0.1) is 0 Å². The number of fused-ring (bicyclic) bond motifs is 2. The average molecular weight is 344 g/mol. The van der Waals surface area contributed by atoms with E-state index in [0.29, 0.717) is 23.7 Å². The summed E-state index contributed by atoms with van der Waals surface area (Å²) in [5, 5.41) is 2.38. The maximum absolute atomic E-state index is 12.3. The molecule has 3 nitrogen and oxygen atoms in total. The van der Waals surface area contributed by atoms with Crippen molar-refractivity contribution in [3.05, 3.63) is 83.4 Å². The highest BCUT2D eigenvalue weighted by molar-refractivity contribution is 6.05. The van der Waals surface area contributed by atoms with Gasteiger partial charge >= 0.3 is 5.97 Å². The second-order valence-corrected chi connectivity index (χ2v) is 6.40. The molecule has 0 unspecified atom stereocenters. The zero-order chi connectivity index (χ0) is 17.9. The van der Waals surface area contributed by atoms with E-state index >= 15 is 0 Å². The molecule has 26 heavy (non-hydrogen) atoms. The standard InChI is InChI=1S/C23H20O3/c1-2-3-10-20-19-9-6-11-21(22(19)23(24)26-20)25-15-16-12-13-17-7-4-5-8-18(17)14-16/h4-14H,2-3,15H2,1H3/b20-10-. The van der Waals surface area contributed by atoms with Gasteiger partial charge in [0.2, 0.25) is 0 Å². The first-order chi connectivity index (χ1) is 12.8. The topological polar surface area (TPSA) is 35.5 Å². The van der Waals surface area contributed by atoms with Gasteiger partial charge in [0.15, 0.2) is 0 Å². The molecule has 130 valence electrons. The number of carbonyl (C=O) groups is 1. The van der Waals surface area contributed by atoms with E-state index in [9.17, 15) is 4.79 Å². The third kappa shape index (κ3) is 3.08. The summed E-state index contributed by atoms with van der Waals surface area (Å²) in [6.45, 7) is 2.50. The SMILES string of the molecule is CCC/C=C1\OC(=O)c2c(OCc3ccc4ccccc4c3)cccc21. The highest BCUT2D eigenvalue weighted by Crippen LogP contribution is 2.36. The fourth-order valence-corrected chi connectivity index (χ4v) is 3.19. The van der Waals surface area contributed by atoms with Crippen LogP contribution in [0.3, 0.4) is 0 Å². The number of rotatable bonds is 5. The Kier molecular flexibility index (Phi) is 4.44. The smallest absolute Gasteiger partial charge is 0.348 e. The summed E-state index contributed by atoms with van der Waals surface area (Å²) in [5.74, 6) is 0.875. The molecule has 0 spiro atoms. The Morgan fingerprint density at radius 1 is 1.00 bits per heavy atom. The summed E-state index contributed by atoms with van der Waals surface area (Å²) in [5.41, 5.74) is 2.41. The molecule has 0 bridgehead atoms. The number of ether oxygens (including phenoxy) is 2. The maximum Gasteiger partial charge on any atom is 0.348 e. The number of esters is 1. The van der Waals surface area contributed by atoms with E-state index in [1.807, 2.05) is 36.4 Å². The third-order valence-corrected chi connectivity index (χ3v) is 4.53. The molecule has 0 amide bonds. The largest absolute Gasteiger partial charge is 0.488 e. The van der Waals surface area contributed by atoms with Crippen molar-refractivity contribution in [2.24, 2.45) is 0 Å². The van der Waals surface area contributed by atoms with Crippen molar-refractivity contribution in [1.29, 1.82) is 0 Å². The Morgan fingerprint density at radius 2 is 1.85 bits per heavy atom. The molecule has 3 aromatic carbocycles. The molecule has 0 aliphatic carbocycles. The monoisotopic (exact) mass is 344 g/mol. The van der Waals surface area contributed by atoms with Gasteiger partial charge in [0, 0.05) is 5.56 Å². The van der Waals surface area contributed by atoms with Crippen LogP contribution in [0.1, 0.15) is 41.3 Å². The summed E-state index contributed by atoms with van der Waals surface area (Å²) in [6.07, 6.45) is 3.86. The highest BCUT2D eigenvalue weighted by Gasteiger charge is 2.29. The first-order valence-corrected chi connectivity index (χ1v) is 8.92. The molecule has 0 saturated heterocycles. The second-order valence-electron chi connectivity index (χ2n) is 6.40. The van der Waals surface area contributed by atoms with Gasteiger partial charge in [-0.2, -0.15) is 0 Å². The predicted molar refractivity (Wildman–Crippen MR) is 103 cm³/mol. The number of allylic oxidation sites excluding steroid dienone is 1. The van der Waals surface area contributed by atoms with Gasteiger partial charge in [-0.15, -0.1) is 0 Å². The van der Waals surface area contributed by atoms with Crippen LogP contribution >= 0.6 is 0 Å². The number of carbonyl (C=O) groups excluding carboxylic acids is 1. The molecule has 3 aromatic rings. The van der Waals surface area contributed by atoms with E-state index in [1.54, 1.807) is 0 Å². The molecule has 0 radical (unpaired) electrons. The Morgan fingerprint density at radius 3 is 2.69 bits per heavy atom. The van der Waals surface area contributed by atoms with E-state index in [2.05, 4.69) is 37.3 Å². The lowest BCUT2D eigenvalue weighted by Gasteiger charge is -2.09. The van der Waals surface area contributed by atoms with Gasteiger partial charge < -0.3 is 9.47 Å². The lowest BCUT2D eigenvalue weighted by molar-refractivity contribution is 0.0711. The average Bonchev–Trinajstić information content (AvgIpc) is 3.01. The zero-order valence-corrected chi connectivity index (χ0v) is 14.7. The normalized spacial score (nSPS) is 14.5. The molecule has 0 saturated carbocycles. The Labute approximate surface area is 152 Å². The van der Waals surface area contributed by atoms with E-state index in [4.69, 9.17) is 9.47 Å². The van der Waals surface area contributed by atoms with Crippen LogP contribution in [0.2, 0.25) is 0 Å². The van der Waals surface area contributed by atoms with E-state index in [0.717, 1.165) is 24.0 Å². The van der Waals surface area contributed by atoms with Crippen LogP contribution in [0.5, 0.6) is 5.75 Å². The lowest BCUT2D eigenvalue weighted by atomic mass is 10.1. The number of benzene rings is 3. The Hall–Kier alpha value is -3.07. The minimum Gasteiger partial charge on any atom is -0.488 e. The molecular formula is C23H20O3. The van der Waals surface area contributed by atoms with Gasteiger partial charge in [-0.3, -0.25) is 0 Å². The van der Waals surface area contributed by atoms with Crippen LogP contribution in [0.15, 0.2) is 66.7 Å². The van der Waals surface area contributed by atoms with Gasteiger partial charge in [0.1, 0.15) is 23.7 Å². The van der Waals surface area contributed by atoms with Crippen LogP contribution < -0.4 is 4.74 Å². The lowest BCUT2D eigenvalue weighted by Crippen LogP contribution is -2.02. The van der Waals surface area contributed by atoms with Gasteiger partial charge in [-0.25, -0.2) is 4.79 Å². The summed E-state index contributed by atoms with van der Waals surface area (Å²) < 4.78 is 11.4. The van der Waals surface area contributed by atoms with Crippen molar-refractivity contribution < 1.29 is 14.3 Å². The van der Waals surface area contributed by atoms with Gasteiger partial charge in [-0.1, -0.05) is 61.9 Å². The summed E-state index contributed by atoms with van der Waals surface area (Å²) in [4.78, 5) is 12.3. The molecular weight excluding hydrogens is 324 g/mol. The van der Waals surface area contributed by atoms with E-state index < -0.39 is 0 Å². The molecule has 3 heteroatoms. The molecule has 0 fully saturated rings. The fraction of sp³-hybridized carbons (Fsp3) is 0.174. The van der Waals surface area contributed by atoms with E-state index in [-0.39, 0.29) is 5.97 Å². The Balaban J connectivity index is 1.59. The predicted octanol–water partition coefficient (Wildman–Crippen LogP) is 5.73. The van der Waals surface area contributed by atoms with Crippen molar-refractivity contribution in [2.45, 2.75) is 26.4 Å². The number of hydrogen-bond acceptors (Lipinski definition) is 3. The molecule has 1 aliphatic heterocycles. The third-order valence-electron chi connectivity index (χ3n) is 4.53. The highest BCUT2D eigenvalue weighted by atomic mass is 16.5. The van der Waals surface area contributed by atoms with Crippen LogP contribution in [0.25, 0.3) is 16.5 Å². The minimum atomic E-state index is -0.337. The molecule has 1 aliphatic rings. The summed E-state index contributed by atoms with van der Waals surface area (Å²) in [7, 11) is 0. The van der Waals surface area contributed by atoms with Crippen molar-refractivity contribution in [3.63, 3.8) is 0 Å². The molecule has 1 heterocycles. The zero-order valence-electron chi connectivity index (χ0n) is 14.7. The number of cyclic esters (lactones) is 1. The number of hydrogen-bond donors (Lipinski definition) is 0. The molecule has 0 atom stereocenters. The first kappa shape index (κ1) is 16.4. The van der Waals surface area contributed by atoms with Crippen molar-refractivity contribution in [3.8, 4) is 5.75 Å². The van der Waals surface area contributed by atoms with E-state index in [1.165, 1.54) is 10.8 Å². The Bertz CT molecular complexity index is 1000. The van der Waals surface area contributed by atoms with Crippen LogP contribution in [0.4, 0.5) is 0 Å². The van der Waals surface area contributed by atoms with Crippen molar-refractivity contribution in [2.75, 3.05) is 0 Å². The number of unbranched alkanes of at least 4 members (excludes halogenated alkanes) is 1. The van der Waals surface area contributed by atoms with Crippen molar-refractivity contribution in [1.82, 2.24) is 0 Å². The van der Waals surface area contributed by atoms with Crippen LogP contribution in [-0.4, -0.2) is 5.97 Å². The summed E-state index contributed by atoms with van der Waals surface area (Å²) in [6, 6.07) is 20.1. The van der Waals surface area contributed by atoms with Gasteiger partial charge in [0.05, 0.1) is 0 Å². The maximum atomic E-state index is 12.3. The second kappa shape index (κ2) is 7.04. The fourth-order valence-electron chi connectivity index (χ4n) is 3.19. The van der Waals surface area contributed by atoms with Crippen molar-refractivity contribution >= 4 is 22.5 Å². The first-order valence-electron chi connectivity index (χ1n) is 8.92. The van der Waals surface area contributed by atoms with Crippen LogP contribution in [-0.2, 0) is 11.3 Å². The van der Waals surface area contributed by atoms with Gasteiger partial charge in [-0.05, 0) is 41.0 Å². The minimum absolute atomic E-state index is 0.337. The molecule has 4 rings (SSSR count). The van der Waals surface area contributed by atoms with Gasteiger partial charge in [0.25, 0.3) is 0 Å². The quantitative estimate of drug-likeness (QED) is 0.554.